The second-order valence-electron chi connectivity index (χ2n) is 11.8. The van der Waals surface area contributed by atoms with Gasteiger partial charge >= 0.3 is 41.8 Å². The summed E-state index contributed by atoms with van der Waals surface area (Å²) in [6, 6.07) is 0. The summed E-state index contributed by atoms with van der Waals surface area (Å²) in [5.41, 5.74) is 0. The van der Waals surface area contributed by atoms with Crippen LogP contribution < -0.4 is 0 Å². The van der Waals surface area contributed by atoms with Crippen LogP contribution in [0.4, 0.5) is 0 Å². The quantitative estimate of drug-likeness (QED) is 0.0456. The van der Waals surface area contributed by atoms with Crippen molar-refractivity contribution in [1.82, 2.24) is 0 Å². The molecule has 4 atom stereocenters. The second kappa shape index (κ2) is 28.4. The summed E-state index contributed by atoms with van der Waals surface area (Å²) in [7, 11) is 0. The van der Waals surface area contributed by atoms with Gasteiger partial charge in [0.05, 0.1) is 26.4 Å². The Morgan fingerprint density at radius 3 is 1.30 bits per heavy atom. The maximum Gasteiger partial charge on any atom is 0.330 e. The zero-order valence-electron chi connectivity index (χ0n) is 30.7. The molecule has 300 valence electrons. The van der Waals surface area contributed by atoms with E-state index in [-0.39, 0.29) is 77.0 Å². The monoisotopic (exact) mass is 764 g/mol. The molecule has 0 amide bonds. The van der Waals surface area contributed by atoms with Crippen molar-refractivity contribution >= 4 is 47.6 Å². The third kappa shape index (κ3) is 21.4. The number of carbonyl (C=O) groups is 8. The summed E-state index contributed by atoms with van der Waals surface area (Å²) in [5, 5.41) is 0. The molecule has 1 rings (SSSR count). The number of rotatable bonds is 29. The van der Waals surface area contributed by atoms with Gasteiger partial charge in [-0.2, -0.15) is 0 Å². The molecule has 0 spiro atoms. The lowest BCUT2D eigenvalue weighted by Gasteiger charge is -2.40. The van der Waals surface area contributed by atoms with E-state index in [1.54, 1.807) is 0 Å². The van der Waals surface area contributed by atoms with Crippen LogP contribution in [-0.2, 0) is 76.3 Å². The van der Waals surface area contributed by atoms with Gasteiger partial charge in [0, 0.05) is 50.3 Å². The van der Waals surface area contributed by atoms with Gasteiger partial charge in [0.15, 0.2) is 18.0 Å². The molecule has 0 aromatic rings. The van der Waals surface area contributed by atoms with E-state index < -0.39 is 73.0 Å². The van der Waals surface area contributed by atoms with E-state index in [9.17, 15) is 38.4 Å². The summed E-state index contributed by atoms with van der Waals surface area (Å²) in [4.78, 5) is 97.2. The van der Waals surface area contributed by atoms with Gasteiger partial charge in [0.1, 0.15) is 0 Å². The van der Waals surface area contributed by atoms with Gasteiger partial charge in [-0.15, -0.1) is 0 Å². The molecule has 0 aromatic carbocycles. The maximum atomic E-state index is 13.1. The molecule has 1 saturated heterocycles. The molecule has 0 N–H and O–H groups in total. The highest BCUT2D eigenvalue weighted by atomic mass is 16.7. The fourth-order valence-electron chi connectivity index (χ4n) is 4.71. The van der Waals surface area contributed by atoms with Crippen molar-refractivity contribution < 1.29 is 76.3 Å². The van der Waals surface area contributed by atoms with Gasteiger partial charge in [0.2, 0.25) is 12.4 Å². The van der Waals surface area contributed by atoms with E-state index in [0.29, 0.717) is 38.5 Å². The number of hydrogen-bond acceptors (Lipinski definition) is 16. The van der Waals surface area contributed by atoms with Crippen molar-refractivity contribution in [2.45, 2.75) is 114 Å². The fourth-order valence-corrected chi connectivity index (χ4v) is 4.71. The minimum atomic E-state index is -1.56. The van der Waals surface area contributed by atoms with Crippen molar-refractivity contribution in [2.24, 2.45) is 0 Å². The summed E-state index contributed by atoms with van der Waals surface area (Å²) in [6.07, 6.45) is 1.32. The van der Waals surface area contributed by atoms with Gasteiger partial charge < -0.3 is 37.9 Å². The van der Waals surface area contributed by atoms with Crippen LogP contribution in [0.5, 0.6) is 0 Å². The minimum Gasteiger partial charge on any atom is -0.463 e. The number of carbonyl (C=O) groups excluding carboxylic acids is 8. The molecule has 16 heteroatoms. The van der Waals surface area contributed by atoms with Gasteiger partial charge in [-0.05, 0) is 57.4 Å². The topological polar surface area (TPSA) is 210 Å². The molecule has 0 aromatic heterocycles. The van der Waals surface area contributed by atoms with E-state index in [0.717, 1.165) is 18.2 Å². The first-order chi connectivity index (χ1) is 25.9. The van der Waals surface area contributed by atoms with E-state index in [1.807, 2.05) is 0 Å². The highest BCUT2D eigenvalue weighted by Gasteiger charge is 2.49. The molecule has 1 aliphatic rings. The molecule has 1 fully saturated rings. The summed E-state index contributed by atoms with van der Waals surface area (Å²) in [5.74, 6) is -4.95. The molecular formula is C38H52O16. The van der Waals surface area contributed by atoms with Gasteiger partial charge in [-0.3, -0.25) is 24.0 Å². The van der Waals surface area contributed by atoms with Crippen LogP contribution in [0.1, 0.15) is 89.9 Å². The fraction of sp³-hybridized carbons (Fsp3) is 0.579. The Labute approximate surface area is 315 Å². The number of unbranched alkanes of at least 4 members (excludes halogenated alkanes) is 5. The number of esters is 7. The third-order valence-corrected chi connectivity index (χ3v) is 7.54. The van der Waals surface area contributed by atoms with E-state index >= 15 is 0 Å². The molecule has 3 unspecified atom stereocenters. The highest BCUT2D eigenvalue weighted by molar-refractivity contribution is 5.89. The first-order valence-corrected chi connectivity index (χ1v) is 17.9. The standard InChI is InChI=1S/C38H52O16/c1-5-27(39)18-10-9-11-19-34(45)53-37-36(52-33(44)21-13-16-24-48-30(41)7-3)28(51-32(43)20-12-15-23-47-29(40)6-2)26-50-38(37)54-35(46)22-14-17-25-49-31(42)8-4/h5-8,28,36-38H,1-4,9-26H2/t28-,36?,37?,38?/m1/s1. The first kappa shape index (κ1) is 46.9. The molecule has 0 bridgehead atoms. The average molecular weight is 765 g/mol. The second-order valence-corrected chi connectivity index (χ2v) is 11.8. The Morgan fingerprint density at radius 1 is 0.463 bits per heavy atom. The predicted molar refractivity (Wildman–Crippen MR) is 189 cm³/mol. The molecule has 0 saturated carbocycles. The van der Waals surface area contributed by atoms with E-state index in [2.05, 4.69) is 26.3 Å². The Bertz CT molecular complexity index is 1210. The minimum absolute atomic E-state index is 0.0269. The highest BCUT2D eigenvalue weighted by Crippen LogP contribution is 2.27. The first-order valence-electron chi connectivity index (χ1n) is 17.9. The van der Waals surface area contributed by atoms with Crippen molar-refractivity contribution in [3.8, 4) is 0 Å². The van der Waals surface area contributed by atoms with Crippen LogP contribution in [0.2, 0.25) is 0 Å². The van der Waals surface area contributed by atoms with Crippen molar-refractivity contribution in [2.75, 3.05) is 26.4 Å². The Kier molecular flexibility index (Phi) is 24.7. The van der Waals surface area contributed by atoms with Crippen molar-refractivity contribution in [3.63, 3.8) is 0 Å². The molecule has 1 aliphatic heterocycles. The third-order valence-electron chi connectivity index (χ3n) is 7.54. The largest absolute Gasteiger partial charge is 0.463 e. The number of allylic oxidation sites excluding steroid dienone is 1. The molecule has 0 aliphatic carbocycles. The summed E-state index contributed by atoms with van der Waals surface area (Å²) >= 11 is 0. The molecule has 1 heterocycles. The van der Waals surface area contributed by atoms with Gasteiger partial charge in [-0.25, -0.2) is 14.4 Å². The Hall–Kier alpha value is -5.12. The normalized spacial score (nSPS) is 17.4. The zero-order valence-corrected chi connectivity index (χ0v) is 30.7. The SMILES string of the molecule is C=CC(=O)CCCCCC(=O)OC1C(OC(=O)CCCCOC(=O)C=C)OC[C@@H](OC(=O)CCCCOC(=O)C=C)C1OC(=O)CCCCOC(=O)C=C. The number of hydrogen-bond donors (Lipinski definition) is 0. The smallest absolute Gasteiger partial charge is 0.330 e. The van der Waals surface area contributed by atoms with Crippen molar-refractivity contribution in [3.05, 3.63) is 50.6 Å². The van der Waals surface area contributed by atoms with Crippen LogP contribution in [-0.4, -0.2) is 98.6 Å². The van der Waals surface area contributed by atoms with E-state index in [4.69, 9.17) is 37.9 Å². The molecular weight excluding hydrogens is 712 g/mol. The van der Waals surface area contributed by atoms with Crippen LogP contribution in [0.3, 0.4) is 0 Å². The lowest BCUT2D eigenvalue weighted by atomic mass is 10.0. The van der Waals surface area contributed by atoms with Crippen LogP contribution in [0.15, 0.2) is 50.6 Å². The lowest BCUT2D eigenvalue weighted by Crippen LogP contribution is -2.58. The molecule has 16 nitrogen and oxygen atoms in total. The average Bonchev–Trinajstić information content (AvgIpc) is 3.15. The Balaban J connectivity index is 3.12. The van der Waals surface area contributed by atoms with Crippen molar-refractivity contribution in [1.29, 1.82) is 0 Å². The predicted octanol–water partition coefficient (Wildman–Crippen LogP) is 4.03. The van der Waals surface area contributed by atoms with E-state index in [1.165, 1.54) is 6.08 Å². The van der Waals surface area contributed by atoms with Gasteiger partial charge in [-0.1, -0.05) is 32.7 Å². The number of ether oxygens (including phenoxy) is 8. The Morgan fingerprint density at radius 2 is 0.852 bits per heavy atom. The zero-order chi connectivity index (χ0) is 40.1. The van der Waals surface area contributed by atoms with Gasteiger partial charge in [0.25, 0.3) is 0 Å². The molecule has 0 radical (unpaired) electrons. The summed E-state index contributed by atoms with van der Waals surface area (Å²) in [6.45, 7) is 13.1. The summed E-state index contributed by atoms with van der Waals surface area (Å²) < 4.78 is 43.0. The number of ketones is 1. The maximum absolute atomic E-state index is 13.1. The molecule has 54 heavy (non-hydrogen) atoms. The van der Waals surface area contributed by atoms with Crippen LogP contribution in [0, 0.1) is 0 Å². The van der Waals surface area contributed by atoms with Crippen LogP contribution >= 0.6 is 0 Å². The van der Waals surface area contributed by atoms with Crippen LogP contribution in [0.25, 0.3) is 0 Å². The lowest BCUT2D eigenvalue weighted by molar-refractivity contribution is -0.275.